The molecular formula is C36H44N2O5S. The number of unbranched alkanes of at least 4 members (excludes halogenated alkanes) is 2. The molecule has 0 radical (unpaired) electrons. The van der Waals surface area contributed by atoms with Crippen molar-refractivity contribution in [2.45, 2.75) is 74.5 Å². The van der Waals surface area contributed by atoms with Crippen LogP contribution >= 0.6 is 11.8 Å². The van der Waals surface area contributed by atoms with Crippen molar-refractivity contribution >= 4 is 35.2 Å². The Morgan fingerprint density at radius 1 is 1.16 bits per heavy atom. The lowest BCUT2D eigenvalue weighted by Crippen LogP contribution is -2.58. The van der Waals surface area contributed by atoms with Gasteiger partial charge in [0.15, 0.2) is 0 Å². The van der Waals surface area contributed by atoms with Gasteiger partial charge in [0, 0.05) is 17.5 Å². The van der Waals surface area contributed by atoms with E-state index < -0.39 is 28.7 Å². The van der Waals surface area contributed by atoms with Gasteiger partial charge in [-0.15, -0.1) is 24.9 Å². The summed E-state index contributed by atoms with van der Waals surface area (Å²) in [6.45, 7) is 11.9. The van der Waals surface area contributed by atoms with Crippen LogP contribution in [0.4, 0.5) is 5.69 Å². The first kappa shape index (κ1) is 32.0. The number of amides is 2. The van der Waals surface area contributed by atoms with Crippen molar-refractivity contribution in [3.8, 4) is 0 Å². The van der Waals surface area contributed by atoms with Gasteiger partial charge in [-0.2, -0.15) is 0 Å². The second-order valence-electron chi connectivity index (χ2n) is 12.3. The van der Waals surface area contributed by atoms with Gasteiger partial charge in [0.2, 0.25) is 5.91 Å². The maximum absolute atomic E-state index is 15.0. The number of carbonyl (C=O) groups is 3. The number of aliphatic hydroxyl groups is 1. The molecule has 2 aromatic carbocycles. The van der Waals surface area contributed by atoms with Gasteiger partial charge in [-0.3, -0.25) is 14.4 Å². The summed E-state index contributed by atoms with van der Waals surface area (Å²) in [4.78, 5) is 46.6. The fraction of sp³-hybridized carbons (Fsp3) is 0.472. The van der Waals surface area contributed by atoms with E-state index in [1.807, 2.05) is 68.5 Å². The van der Waals surface area contributed by atoms with Crippen LogP contribution in [-0.4, -0.2) is 69.6 Å². The lowest BCUT2D eigenvalue weighted by atomic mass is 9.71. The highest BCUT2D eigenvalue weighted by molar-refractivity contribution is 8.02. The van der Waals surface area contributed by atoms with Crippen LogP contribution in [-0.2, 0) is 25.5 Å². The molecule has 2 bridgehead atoms. The fourth-order valence-corrected chi connectivity index (χ4v) is 9.61. The molecule has 0 aromatic heterocycles. The highest BCUT2D eigenvalue weighted by Gasteiger charge is 2.74. The van der Waals surface area contributed by atoms with Crippen molar-refractivity contribution in [2.75, 3.05) is 24.7 Å². The van der Waals surface area contributed by atoms with Crippen molar-refractivity contribution in [2.24, 2.45) is 11.8 Å². The van der Waals surface area contributed by atoms with Gasteiger partial charge in [0.25, 0.3) is 5.91 Å². The number of hydrogen-bond donors (Lipinski definition) is 1. The molecular weight excluding hydrogens is 572 g/mol. The van der Waals surface area contributed by atoms with Crippen LogP contribution in [0.1, 0.15) is 48.8 Å². The monoisotopic (exact) mass is 616 g/mol. The largest absolute Gasteiger partial charge is 0.465 e. The van der Waals surface area contributed by atoms with E-state index >= 15 is 0 Å². The number of esters is 1. The molecule has 3 fully saturated rings. The summed E-state index contributed by atoms with van der Waals surface area (Å²) in [5.74, 6) is -2.09. The van der Waals surface area contributed by atoms with Crippen molar-refractivity contribution in [3.63, 3.8) is 0 Å². The molecule has 8 heteroatoms. The summed E-state index contributed by atoms with van der Waals surface area (Å²) in [6.07, 6.45) is 7.79. The van der Waals surface area contributed by atoms with E-state index in [-0.39, 0.29) is 36.2 Å². The van der Waals surface area contributed by atoms with Crippen molar-refractivity contribution < 1.29 is 24.2 Å². The second kappa shape index (κ2) is 13.7. The summed E-state index contributed by atoms with van der Waals surface area (Å²) < 4.78 is 4.98. The van der Waals surface area contributed by atoms with Gasteiger partial charge in [0.05, 0.1) is 35.8 Å². The minimum Gasteiger partial charge on any atom is -0.465 e. The quantitative estimate of drug-likeness (QED) is 0.173. The zero-order valence-electron chi connectivity index (χ0n) is 25.8. The summed E-state index contributed by atoms with van der Waals surface area (Å²) in [7, 11) is 0. The summed E-state index contributed by atoms with van der Waals surface area (Å²) >= 11 is 1.62. The molecule has 2 aromatic rings. The number of benzene rings is 2. The topological polar surface area (TPSA) is 87.2 Å². The van der Waals surface area contributed by atoms with Gasteiger partial charge in [-0.1, -0.05) is 54.6 Å². The van der Waals surface area contributed by atoms with Crippen LogP contribution in [0.3, 0.4) is 0 Å². The van der Waals surface area contributed by atoms with E-state index in [2.05, 4.69) is 13.2 Å². The predicted octanol–water partition coefficient (Wildman–Crippen LogP) is 5.42. The van der Waals surface area contributed by atoms with E-state index in [1.54, 1.807) is 27.6 Å². The molecule has 0 saturated carbocycles. The molecule has 3 aliphatic heterocycles. The van der Waals surface area contributed by atoms with Crippen LogP contribution < -0.4 is 4.90 Å². The molecule has 3 aliphatic rings. The number of hydrogen-bond acceptors (Lipinski definition) is 6. The minimum atomic E-state index is -0.846. The molecule has 3 saturated heterocycles. The fourth-order valence-electron chi connectivity index (χ4n) is 7.42. The summed E-state index contributed by atoms with van der Waals surface area (Å²) in [5, 5.41) is 10.7. The van der Waals surface area contributed by atoms with Crippen LogP contribution in [0.2, 0.25) is 0 Å². The molecule has 2 amide bonds. The molecule has 3 heterocycles. The number of rotatable bonds is 14. The summed E-state index contributed by atoms with van der Waals surface area (Å²) in [5.41, 5.74) is 3.70. The molecule has 5 rings (SSSR count). The third-order valence-corrected chi connectivity index (χ3v) is 11.4. The van der Waals surface area contributed by atoms with Crippen molar-refractivity contribution in [1.82, 2.24) is 4.90 Å². The van der Waals surface area contributed by atoms with Crippen LogP contribution in [0.5, 0.6) is 0 Å². The second-order valence-corrected chi connectivity index (χ2v) is 13.9. The highest BCUT2D eigenvalue weighted by atomic mass is 32.2. The first-order valence-electron chi connectivity index (χ1n) is 15.7. The van der Waals surface area contributed by atoms with Crippen molar-refractivity contribution in [1.29, 1.82) is 0 Å². The normalized spacial score (nSPS) is 25.9. The Labute approximate surface area is 265 Å². The number of aryl methyl sites for hydroxylation is 2. The van der Waals surface area contributed by atoms with E-state index in [4.69, 9.17) is 4.74 Å². The van der Waals surface area contributed by atoms with Crippen LogP contribution in [0.25, 0.3) is 0 Å². The Morgan fingerprint density at radius 3 is 2.64 bits per heavy atom. The molecule has 2 unspecified atom stereocenters. The average Bonchev–Trinajstić information content (AvgIpc) is 3.67. The standard InChI is InChI=1S/C36H44N2O5S/c1-5-7-8-12-20-43-35(42)30-29-17-18-36(44-29)31(30)33(40)38(27(23-39)22-26-13-10-9-11-14-26)32(36)34(41)37(19-6-2)28-21-24(3)15-16-25(28)4/h5-6,9-11,13-16,21,27,29-32,39H,1-2,7-8,12,17-20,22-23H2,3-4H3/t27-,29+,30-,31+,32?,36?/m1/s1. The number of carbonyl (C=O) groups excluding carboxylic acids is 3. The zero-order valence-corrected chi connectivity index (χ0v) is 26.6. The van der Waals surface area contributed by atoms with Crippen LogP contribution in [0, 0.1) is 25.7 Å². The Hall–Kier alpha value is -3.36. The highest BCUT2D eigenvalue weighted by Crippen LogP contribution is 2.67. The Morgan fingerprint density at radius 2 is 1.93 bits per heavy atom. The van der Waals surface area contributed by atoms with Gasteiger partial charge < -0.3 is 19.6 Å². The number of anilines is 1. The predicted molar refractivity (Wildman–Crippen MR) is 175 cm³/mol. The lowest BCUT2D eigenvalue weighted by molar-refractivity contribution is -0.154. The SMILES string of the molecule is C=CCCCCOC(=O)[C@@H]1[C@@H]2CCC3(S2)C(C(=O)N(CC=C)c2cc(C)ccc2C)N([C@@H](CO)Cc2ccccc2)C(=O)[C@H]13. The molecule has 234 valence electrons. The molecule has 6 atom stereocenters. The Bertz CT molecular complexity index is 1400. The lowest BCUT2D eigenvalue weighted by Gasteiger charge is -2.40. The summed E-state index contributed by atoms with van der Waals surface area (Å²) in [6, 6.07) is 14.2. The number of allylic oxidation sites excluding steroid dienone is 1. The van der Waals surface area contributed by atoms with Crippen molar-refractivity contribution in [3.05, 3.63) is 90.5 Å². The smallest absolute Gasteiger partial charge is 0.310 e. The van der Waals surface area contributed by atoms with Gasteiger partial charge in [-0.25, -0.2) is 0 Å². The Kier molecular flexibility index (Phi) is 10.0. The Balaban J connectivity index is 1.55. The maximum atomic E-state index is 15.0. The molecule has 7 nitrogen and oxygen atoms in total. The van der Waals surface area contributed by atoms with Gasteiger partial charge >= 0.3 is 5.97 Å². The molecule has 1 spiro atoms. The molecule has 0 aliphatic carbocycles. The van der Waals surface area contributed by atoms with Gasteiger partial charge in [0.1, 0.15) is 6.04 Å². The number of thioether (sulfide) groups is 1. The van der Waals surface area contributed by atoms with E-state index in [0.717, 1.165) is 48.1 Å². The number of aliphatic hydroxyl groups excluding tert-OH is 1. The first-order valence-corrected chi connectivity index (χ1v) is 16.6. The average molecular weight is 617 g/mol. The minimum absolute atomic E-state index is 0.0858. The van der Waals surface area contributed by atoms with E-state index in [0.29, 0.717) is 19.4 Å². The zero-order chi connectivity index (χ0) is 31.4. The first-order chi connectivity index (χ1) is 21.3. The van der Waals surface area contributed by atoms with Crippen LogP contribution in [0.15, 0.2) is 73.8 Å². The van der Waals surface area contributed by atoms with Gasteiger partial charge in [-0.05, 0) is 75.1 Å². The molecule has 1 N–H and O–H groups in total. The van der Waals surface area contributed by atoms with E-state index in [9.17, 15) is 19.5 Å². The van der Waals surface area contributed by atoms with E-state index in [1.165, 1.54) is 0 Å². The number of fused-ring (bicyclic) bond motifs is 1. The third-order valence-electron chi connectivity index (χ3n) is 9.44. The molecule has 44 heavy (non-hydrogen) atoms. The third kappa shape index (κ3) is 5.86. The maximum Gasteiger partial charge on any atom is 0.310 e. The number of nitrogens with zero attached hydrogens (tertiary/aromatic N) is 2. The number of likely N-dealkylation sites (tertiary alicyclic amines) is 1. The number of ether oxygens (including phenoxy) is 1.